The molecule has 3 nitrogen and oxygen atoms in total. The molecule has 0 saturated heterocycles. The Balaban J connectivity index is 2.12. The van der Waals surface area contributed by atoms with E-state index in [1.807, 2.05) is 6.20 Å². The quantitative estimate of drug-likeness (QED) is 0.752. The number of aromatic amines is 1. The third kappa shape index (κ3) is 1.94. The zero-order chi connectivity index (χ0) is 12.4. The lowest BCUT2D eigenvalue weighted by Crippen LogP contribution is -2.23. The lowest BCUT2D eigenvalue weighted by Gasteiger charge is -2.16. The number of benzene rings is 1. The van der Waals surface area contributed by atoms with Crippen molar-refractivity contribution < 1.29 is 0 Å². The molecule has 4 heteroatoms. The number of thiophene rings is 1. The molecule has 0 radical (unpaired) electrons. The van der Waals surface area contributed by atoms with Gasteiger partial charge in [-0.2, -0.15) is 0 Å². The highest BCUT2D eigenvalue weighted by atomic mass is 32.1. The van der Waals surface area contributed by atoms with Crippen molar-refractivity contribution in [1.82, 2.24) is 15.3 Å². The van der Waals surface area contributed by atoms with Gasteiger partial charge in [-0.25, -0.2) is 4.98 Å². The number of rotatable bonds is 4. The van der Waals surface area contributed by atoms with Crippen LogP contribution in [-0.4, -0.2) is 16.5 Å². The molecule has 0 aliphatic carbocycles. The molecular formula is C14H15N3S. The van der Waals surface area contributed by atoms with Crippen molar-refractivity contribution in [1.29, 1.82) is 0 Å². The van der Waals surface area contributed by atoms with Crippen LogP contribution in [0.15, 0.2) is 42.0 Å². The average Bonchev–Trinajstić information content (AvgIpc) is 3.06. The lowest BCUT2D eigenvalue weighted by molar-refractivity contribution is 0.607. The first-order valence-electron chi connectivity index (χ1n) is 6.09. The first kappa shape index (κ1) is 11.4. The second-order valence-corrected chi connectivity index (χ2v) is 5.07. The van der Waals surface area contributed by atoms with Crippen molar-refractivity contribution in [3.63, 3.8) is 0 Å². The van der Waals surface area contributed by atoms with Crippen LogP contribution in [0.4, 0.5) is 0 Å². The first-order valence-corrected chi connectivity index (χ1v) is 6.97. The van der Waals surface area contributed by atoms with E-state index in [2.05, 4.69) is 51.9 Å². The highest BCUT2D eigenvalue weighted by Gasteiger charge is 2.17. The maximum atomic E-state index is 4.39. The molecule has 3 aromatic rings. The summed E-state index contributed by atoms with van der Waals surface area (Å²) in [5.74, 6) is 0.970. The number of H-pyrrole nitrogens is 1. The highest BCUT2D eigenvalue weighted by Crippen LogP contribution is 2.31. The summed E-state index contributed by atoms with van der Waals surface area (Å²) in [5.41, 5.74) is 1.29. The van der Waals surface area contributed by atoms with E-state index in [9.17, 15) is 0 Å². The topological polar surface area (TPSA) is 40.7 Å². The van der Waals surface area contributed by atoms with Gasteiger partial charge >= 0.3 is 0 Å². The summed E-state index contributed by atoms with van der Waals surface area (Å²) in [6.45, 7) is 3.03. The highest BCUT2D eigenvalue weighted by molar-refractivity contribution is 7.17. The molecule has 0 bridgehead atoms. The van der Waals surface area contributed by atoms with Gasteiger partial charge in [-0.1, -0.05) is 25.1 Å². The summed E-state index contributed by atoms with van der Waals surface area (Å²) in [4.78, 5) is 7.60. The van der Waals surface area contributed by atoms with E-state index in [0.717, 1.165) is 12.4 Å². The second kappa shape index (κ2) is 4.92. The molecular weight excluding hydrogens is 242 g/mol. The molecule has 1 unspecified atom stereocenters. The van der Waals surface area contributed by atoms with E-state index < -0.39 is 0 Å². The molecule has 0 aliphatic rings. The van der Waals surface area contributed by atoms with E-state index in [1.165, 1.54) is 15.6 Å². The molecule has 2 heterocycles. The molecule has 0 amide bonds. The number of fused-ring (bicyclic) bond motifs is 1. The molecule has 2 aromatic heterocycles. The molecule has 0 fully saturated rings. The zero-order valence-electron chi connectivity index (χ0n) is 10.2. The molecule has 0 aliphatic heterocycles. The average molecular weight is 257 g/mol. The van der Waals surface area contributed by atoms with E-state index in [-0.39, 0.29) is 6.04 Å². The van der Waals surface area contributed by atoms with Crippen LogP contribution in [0.3, 0.4) is 0 Å². The molecule has 3 rings (SSSR count). The van der Waals surface area contributed by atoms with Gasteiger partial charge in [-0.3, -0.25) is 0 Å². The van der Waals surface area contributed by atoms with Crippen LogP contribution in [0.1, 0.15) is 24.4 Å². The second-order valence-electron chi connectivity index (χ2n) is 4.15. The SMILES string of the molecule is CCNC(c1ncc[nH]1)c1cccc2ccsc12. The number of aromatic nitrogens is 2. The Hall–Kier alpha value is -1.65. The minimum Gasteiger partial charge on any atom is -0.347 e. The van der Waals surface area contributed by atoms with Gasteiger partial charge < -0.3 is 10.3 Å². The Kier molecular flexibility index (Phi) is 3.13. The Morgan fingerprint density at radius 2 is 2.33 bits per heavy atom. The zero-order valence-corrected chi connectivity index (χ0v) is 11.0. The predicted molar refractivity (Wildman–Crippen MR) is 75.9 cm³/mol. The van der Waals surface area contributed by atoms with Crippen LogP contribution in [0.25, 0.3) is 10.1 Å². The van der Waals surface area contributed by atoms with Gasteiger partial charge in [-0.05, 0) is 28.9 Å². The molecule has 0 saturated carbocycles. The summed E-state index contributed by atoms with van der Waals surface area (Å²) in [6, 6.07) is 8.73. The summed E-state index contributed by atoms with van der Waals surface area (Å²) in [5, 5.41) is 6.93. The number of nitrogens with zero attached hydrogens (tertiary/aromatic N) is 1. The van der Waals surface area contributed by atoms with Crippen molar-refractivity contribution in [2.45, 2.75) is 13.0 Å². The minimum absolute atomic E-state index is 0.132. The summed E-state index contributed by atoms with van der Waals surface area (Å²) < 4.78 is 1.33. The normalized spacial score (nSPS) is 12.9. The van der Waals surface area contributed by atoms with Gasteiger partial charge in [0.2, 0.25) is 0 Å². The van der Waals surface area contributed by atoms with Crippen LogP contribution in [0, 0.1) is 0 Å². The fraction of sp³-hybridized carbons (Fsp3) is 0.214. The van der Waals surface area contributed by atoms with Crippen molar-refractivity contribution in [2.24, 2.45) is 0 Å². The lowest BCUT2D eigenvalue weighted by atomic mass is 10.0. The largest absolute Gasteiger partial charge is 0.347 e. The third-order valence-corrected chi connectivity index (χ3v) is 4.00. The van der Waals surface area contributed by atoms with E-state index in [0.29, 0.717) is 0 Å². The van der Waals surface area contributed by atoms with Crippen LogP contribution >= 0.6 is 11.3 Å². The van der Waals surface area contributed by atoms with Crippen LogP contribution in [0.5, 0.6) is 0 Å². The number of imidazole rings is 1. The third-order valence-electron chi connectivity index (χ3n) is 3.02. The number of hydrogen-bond donors (Lipinski definition) is 2. The number of nitrogens with one attached hydrogen (secondary N) is 2. The molecule has 18 heavy (non-hydrogen) atoms. The fourth-order valence-electron chi connectivity index (χ4n) is 2.24. The van der Waals surface area contributed by atoms with E-state index in [1.54, 1.807) is 17.5 Å². The number of hydrogen-bond acceptors (Lipinski definition) is 3. The minimum atomic E-state index is 0.132. The van der Waals surface area contributed by atoms with Gasteiger partial charge in [0, 0.05) is 17.1 Å². The van der Waals surface area contributed by atoms with Crippen molar-refractivity contribution >= 4 is 21.4 Å². The maximum absolute atomic E-state index is 4.39. The van der Waals surface area contributed by atoms with Gasteiger partial charge in [0.05, 0.1) is 6.04 Å². The Morgan fingerprint density at radius 3 is 3.11 bits per heavy atom. The van der Waals surface area contributed by atoms with Crippen LogP contribution in [-0.2, 0) is 0 Å². The summed E-state index contributed by atoms with van der Waals surface area (Å²) in [6.07, 6.45) is 3.67. The smallest absolute Gasteiger partial charge is 0.127 e. The molecule has 2 N–H and O–H groups in total. The predicted octanol–water partition coefficient (Wildman–Crippen LogP) is 3.32. The monoisotopic (exact) mass is 257 g/mol. The van der Waals surface area contributed by atoms with Crippen molar-refractivity contribution in [3.8, 4) is 0 Å². The van der Waals surface area contributed by atoms with Gasteiger partial charge in [0.15, 0.2) is 0 Å². The van der Waals surface area contributed by atoms with Gasteiger partial charge in [0.25, 0.3) is 0 Å². The van der Waals surface area contributed by atoms with Crippen LogP contribution in [0.2, 0.25) is 0 Å². The molecule has 92 valence electrons. The fourth-order valence-corrected chi connectivity index (χ4v) is 3.18. The standard InChI is InChI=1S/C14H15N3S/c1-2-15-12(14-16-7-8-17-14)11-5-3-4-10-6-9-18-13(10)11/h3-9,12,15H,2H2,1H3,(H,16,17). The molecule has 1 aromatic carbocycles. The van der Waals surface area contributed by atoms with Gasteiger partial charge in [-0.15, -0.1) is 11.3 Å². The Labute approximate surface area is 110 Å². The van der Waals surface area contributed by atoms with Crippen LogP contribution < -0.4 is 5.32 Å². The molecule has 0 spiro atoms. The summed E-state index contributed by atoms with van der Waals surface area (Å²) >= 11 is 1.78. The van der Waals surface area contributed by atoms with Crippen molar-refractivity contribution in [3.05, 3.63) is 53.4 Å². The maximum Gasteiger partial charge on any atom is 0.127 e. The first-order chi connectivity index (χ1) is 8.90. The van der Waals surface area contributed by atoms with Gasteiger partial charge in [0.1, 0.15) is 5.82 Å². The van der Waals surface area contributed by atoms with E-state index in [4.69, 9.17) is 0 Å². The Bertz CT molecular complexity index is 627. The van der Waals surface area contributed by atoms with E-state index >= 15 is 0 Å². The Morgan fingerprint density at radius 1 is 1.39 bits per heavy atom. The summed E-state index contributed by atoms with van der Waals surface area (Å²) in [7, 11) is 0. The molecule has 1 atom stereocenters. The van der Waals surface area contributed by atoms with Crippen molar-refractivity contribution in [2.75, 3.05) is 6.54 Å².